The molecule has 0 saturated heterocycles. The molecule has 2 rings (SSSR count). The zero-order valence-corrected chi connectivity index (χ0v) is 14.8. The summed E-state index contributed by atoms with van der Waals surface area (Å²) < 4.78 is 0. The Morgan fingerprint density at radius 2 is 1.86 bits per heavy atom. The van der Waals surface area contributed by atoms with E-state index in [9.17, 15) is 4.79 Å². The molecule has 3 nitrogen and oxygen atoms in total. The standard InChI is InChI=1S/C18H24N2OS/c1-6-15-20-12(2)16(22-15)17(21)19-11-13-7-9-14(10-8-13)18(3,4)5/h7-10H,6,11H2,1-5H3,(H,19,21). The number of carbonyl (C=O) groups is 1. The molecule has 118 valence electrons. The fourth-order valence-electron chi connectivity index (χ4n) is 2.20. The average molecular weight is 316 g/mol. The number of nitrogens with one attached hydrogen (secondary N) is 1. The summed E-state index contributed by atoms with van der Waals surface area (Å²) in [7, 11) is 0. The quantitative estimate of drug-likeness (QED) is 0.916. The highest BCUT2D eigenvalue weighted by molar-refractivity contribution is 7.13. The second-order valence-corrected chi connectivity index (χ2v) is 7.59. The number of aryl methyl sites for hydroxylation is 2. The maximum Gasteiger partial charge on any atom is 0.263 e. The van der Waals surface area contributed by atoms with E-state index in [0.29, 0.717) is 6.54 Å². The van der Waals surface area contributed by atoms with Crippen LogP contribution in [0.3, 0.4) is 0 Å². The minimum absolute atomic E-state index is 0.0328. The van der Waals surface area contributed by atoms with Crippen molar-refractivity contribution in [3.63, 3.8) is 0 Å². The summed E-state index contributed by atoms with van der Waals surface area (Å²) >= 11 is 1.49. The van der Waals surface area contributed by atoms with Crippen molar-refractivity contribution < 1.29 is 4.79 Å². The van der Waals surface area contributed by atoms with Gasteiger partial charge in [-0.25, -0.2) is 4.98 Å². The molecule has 4 heteroatoms. The first-order chi connectivity index (χ1) is 10.3. The van der Waals surface area contributed by atoms with Gasteiger partial charge < -0.3 is 5.32 Å². The average Bonchev–Trinajstić information content (AvgIpc) is 2.85. The van der Waals surface area contributed by atoms with Crippen LogP contribution in [-0.4, -0.2) is 10.9 Å². The highest BCUT2D eigenvalue weighted by Crippen LogP contribution is 2.22. The van der Waals surface area contributed by atoms with Crippen LogP contribution in [0.2, 0.25) is 0 Å². The Kier molecular flexibility index (Phi) is 5.01. The molecule has 0 unspecified atom stereocenters. The summed E-state index contributed by atoms with van der Waals surface area (Å²) in [6.45, 7) is 11.1. The molecule has 1 aromatic heterocycles. The number of amides is 1. The number of thiazole rings is 1. The van der Waals surface area contributed by atoms with Gasteiger partial charge in [-0.05, 0) is 29.9 Å². The lowest BCUT2D eigenvalue weighted by Crippen LogP contribution is -2.22. The van der Waals surface area contributed by atoms with E-state index < -0.39 is 0 Å². The highest BCUT2D eigenvalue weighted by Gasteiger charge is 2.15. The molecule has 0 saturated carbocycles. The van der Waals surface area contributed by atoms with Crippen molar-refractivity contribution in [2.24, 2.45) is 0 Å². The second-order valence-electron chi connectivity index (χ2n) is 6.51. The smallest absolute Gasteiger partial charge is 0.263 e. The lowest BCUT2D eigenvalue weighted by Gasteiger charge is -2.19. The SMILES string of the molecule is CCc1nc(C)c(C(=O)NCc2ccc(C(C)(C)C)cc2)s1. The molecule has 22 heavy (non-hydrogen) atoms. The zero-order valence-electron chi connectivity index (χ0n) is 14.0. The molecule has 0 spiro atoms. The summed E-state index contributed by atoms with van der Waals surface area (Å²) in [5.74, 6) is -0.0328. The van der Waals surface area contributed by atoms with Gasteiger partial charge in [0.05, 0.1) is 10.7 Å². The summed E-state index contributed by atoms with van der Waals surface area (Å²) in [5.41, 5.74) is 3.38. The molecule has 0 radical (unpaired) electrons. The van der Waals surface area contributed by atoms with Crippen LogP contribution in [0.4, 0.5) is 0 Å². The fourth-order valence-corrected chi connectivity index (χ4v) is 3.12. The predicted molar refractivity (Wildman–Crippen MR) is 92.5 cm³/mol. The molecule has 2 aromatic rings. The van der Waals surface area contributed by atoms with Crippen LogP contribution in [0.25, 0.3) is 0 Å². The molecular weight excluding hydrogens is 292 g/mol. The Morgan fingerprint density at radius 1 is 1.23 bits per heavy atom. The van der Waals surface area contributed by atoms with E-state index in [-0.39, 0.29) is 11.3 Å². The van der Waals surface area contributed by atoms with Crippen molar-refractivity contribution >= 4 is 17.2 Å². The number of hydrogen-bond acceptors (Lipinski definition) is 3. The van der Waals surface area contributed by atoms with Crippen molar-refractivity contribution in [2.45, 2.75) is 53.0 Å². The number of hydrogen-bond donors (Lipinski definition) is 1. The van der Waals surface area contributed by atoms with Gasteiger partial charge in [0.15, 0.2) is 0 Å². The molecule has 1 heterocycles. The topological polar surface area (TPSA) is 42.0 Å². The Labute approximate surface area is 136 Å². The fraction of sp³-hybridized carbons (Fsp3) is 0.444. The van der Waals surface area contributed by atoms with Crippen molar-refractivity contribution in [3.8, 4) is 0 Å². The van der Waals surface area contributed by atoms with Gasteiger partial charge in [-0.15, -0.1) is 11.3 Å². The first-order valence-corrected chi connectivity index (χ1v) is 8.47. The third-order valence-electron chi connectivity index (χ3n) is 3.62. The van der Waals surface area contributed by atoms with Gasteiger partial charge in [-0.1, -0.05) is 52.0 Å². The summed E-state index contributed by atoms with van der Waals surface area (Å²) in [5, 5.41) is 3.99. The Balaban J connectivity index is 2.00. The van der Waals surface area contributed by atoms with E-state index >= 15 is 0 Å². The first kappa shape index (κ1) is 16.7. The third kappa shape index (κ3) is 3.95. The van der Waals surface area contributed by atoms with Gasteiger partial charge in [0.1, 0.15) is 4.88 Å². The van der Waals surface area contributed by atoms with Crippen LogP contribution < -0.4 is 5.32 Å². The minimum Gasteiger partial charge on any atom is -0.347 e. The monoisotopic (exact) mass is 316 g/mol. The van der Waals surface area contributed by atoms with Gasteiger partial charge in [0.25, 0.3) is 5.91 Å². The number of rotatable bonds is 4. The summed E-state index contributed by atoms with van der Waals surface area (Å²) in [6.07, 6.45) is 0.868. The number of carbonyl (C=O) groups excluding carboxylic acids is 1. The normalized spacial score (nSPS) is 11.5. The van der Waals surface area contributed by atoms with Crippen molar-refractivity contribution in [1.82, 2.24) is 10.3 Å². The molecule has 0 atom stereocenters. The molecule has 0 aliphatic rings. The number of nitrogens with zero attached hydrogens (tertiary/aromatic N) is 1. The summed E-state index contributed by atoms with van der Waals surface area (Å²) in [4.78, 5) is 17.4. The lowest BCUT2D eigenvalue weighted by atomic mass is 9.87. The Morgan fingerprint density at radius 3 is 2.36 bits per heavy atom. The van der Waals surface area contributed by atoms with E-state index in [4.69, 9.17) is 0 Å². The molecule has 1 N–H and O–H groups in total. The molecule has 0 aliphatic heterocycles. The van der Waals surface area contributed by atoms with Crippen LogP contribution in [0.5, 0.6) is 0 Å². The van der Waals surface area contributed by atoms with E-state index in [1.165, 1.54) is 16.9 Å². The van der Waals surface area contributed by atoms with E-state index in [1.54, 1.807) is 0 Å². The van der Waals surface area contributed by atoms with Crippen molar-refractivity contribution in [3.05, 3.63) is 51.0 Å². The van der Waals surface area contributed by atoms with Crippen LogP contribution in [0.1, 0.15) is 59.2 Å². The maximum atomic E-state index is 12.3. The number of aromatic nitrogens is 1. The molecule has 0 bridgehead atoms. The second kappa shape index (κ2) is 6.61. The molecule has 1 amide bonds. The van der Waals surface area contributed by atoms with Crippen molar-refractivity contribution in [1.29, 1.82) is 0 Å². The zero-order chi connectivity index (χ0) is 16.3. The van der Waals surface area contributed by atoms with Crippen LogP contribution in [0.15, 0.2) is 24.3 Å². The van der Waals surface area contributed by atoms with Crippen LogP contribution in [-0.2, 0) is 18.4 Å². The lowest BCUT2D eigenvalue weighted by molar-refractivity contribution is 0.0954. The van der Waals surface area contributed by atoms with Crippen LogP contribution >= 0.6 is 11.3 Å². The van der Waals surface area contributed by atoms with E-state index in [0.717, 1.165) is 27.6 Å². The summed E-state index contributed by atoms with van der Waals surface area (Å²) in [6, 6.07) is 8.43. The Bertz CT molecular complexity index is 651. The first-order valence-electron chi connectivity index (χ1n) is 7.65. The van der Waals surface area contributed by atoms with Gasteiger partial charge in [0.2, 0.25) is 0 Å². The third-order valence-corrected chi connectivity index (χ3v) is 4.92. The molecule has 0 aliphatic carbocycles. The highest BCUT2D eigenvalue weighted by atomic mass is 32.1. The van der Waals surface area contributed by atoms with E-state index in [2.05, 4.69) is 62.3 Å². The molecule has 1 aromatic carbocycles. The van der Waals surface area contributed by atoms with Crippen LogP contribution in [0, 0.1) is 6.92 Å². The van der Waals surface area contributed by atoms with Gasteiger partial charge >= 0.3 is 0 Å². The van der Waals surface area contributed by atoms with Gasteiger partial charge in [0, 0.05) is 6.54 Å². The number of benzene rings is 1. The largest absolute Gasteiger partial charge is 0.347 e. The van der Waals surface area contributed by atoms with Crippen molar-refractivity contribution in [2.75, 3.05) is 0 Å². The van der Waals surface area contributed by atoms with E-state index in [1.807, 2.05) is 6.92 Å². The maximum absolute atomic E-state index is 12.3. The predicted octanol–water partition coefficient (Wildman–Crippen LogP) is 4.24. The minimum atomic E-state index is -0.0328. The molecule has 0 fully saturated rings. The molecular formula is C18H24N2OS. The Hall–Kier alpha value is -1.68. The van der Waals surface area contributed by atoms with Gasteiger partial charge in [-0.2, -0.15) is 0 Å². The van der Waals surface area contributed by atoms with Gasteiger partial charge in [-0.3, -0.25) is 4.79 Å².